The Morgan fingerprint density at radius 3 is 1.56 bits per heavy atom. The lowest BCUT2D eigenvalue weighted by molar-refractivity contribution is 0.569. The Hall–Kier alpha value is -9.68. The van der Waals surface area contributed by atoms with E-state index in [1.807, 2.05) is 11.3 Å². The van der Waals surface area contributed by atoms with E-state index in [-0.39, 0.29) is 17.5 Å². The Morgan fingerprint density at radius 1 is 0.341 bits per heavy atom. The molecule has 0 N–H and O–H groups in total. The van der Waals surface area contributed by atoms with E-state index in [4.69, 9.17) is 0 Å². The monoisotopic (exact) mass is 1110 g/mol. The number of para-hydroxylation sites is 2. The van der Waals surface area contributed by atoms with Crippen molar-refractivity contribution in [2.75, 3.05) is 4.90 Å². The Kier molecular flexibility index (Phi) is 10.8. The molecule has 17 rings (SSSR count). The average molecular weight is 1110 g/mol. The maximum Gasteiger partial charge on any atom is 0.252 e. The van der Waals surface area contributed by atoms with Gasteiger partial charge in [-0.3, -0.25) is 0 Å². The molecule has 3 aromatic heterocycles. The third-order valence-electron chi connectivity index (χ3n) is 18.6. The molecular weight excluding hydrogens is 1050 g/mol. The van der Waals surface area contributed by atoms with Crippen LogP contribution >= 0.6 is 11.3 Å². The summed E-state index contributed by atoms with van der Waals surface area (Å²) < 4.78 is 7.74. The van der Waals surface area contributed by atoms with Crippen LogP contribution in [0, 0.1) is 0 Å². The molecule has 5 heteroatoms. The van der Waals surface area contributed by atoms with Crippen LogP contribution in [0.5, 0.6) is 0 Å². The van der Waals surface area contributed by atoms with Gasteiger partial charge in [0.2, 0.25) is 0 Å². The van der Waals surface area contributed by atoms with E-state index in [2.05, 4.69) is 310 Å². The van der Waals surface area contributed by atoms with Crippen molar-refractivity contribution in [2.24, 2.45) is 0 Å². The van der Waals surface area contributed by atoms with Gasteiger partial charge in [0.25, 0.3) is 6.71 Å². The highest BCUT2D eigenvalue weighted by molar-refractivity contribution is 7.26. The Morgan fingerprint density at radius 2 is 0.894 bits per heavy atom. The molecular formula is C80H60BN3S. The molecule has 15 aromatic rings. The molecule has 5 heterocycles. The van der Waals surface area contributed by atoms with Gasteiger partial charge in [-0.05, 0) is 144 Å². The number of benzene rings is 12. The summed E-state index contributed by atoms with van der Waals surface area (Å²) in [7, 11) is 0. The van der Waals surface area contributed by atoms with Crippen molar-refractivity contribution in [3.05, 3.63) is 266 Å². The van der Waals surface area contributed by atoms with Gasteiger partial charge in [0, 0.05) is 65.2 Å². The number of hydrogen-bond donors (Lipinski definition) is 0. The molecule has 0 radical (unpaired) electrons. The number of fused-ring (bicyclic) bond motifs is 14. The van der Waals surface area contributed by atoms with Gasteiger partial charge in [-0.25, -0.2) is 0 Å². The number of nitrogens with zero attached hydrogens (tertiary/aromatic N) is 3. The van der Waals surface area contributed by atoms with Crippen LogP contribution in [0.25, 0.3) is 120 Å². The first kappa shape index (κ1) is 49.9. The minimum absolute atomic E-state index is 0.0541. The molecule has 0 amide bonds. The third kappa shape index (κ3) is 7.59. The fourth-order valence-electron chi connectivity index (χ4n) is 14.4. The third-order valence-corrected chi connectivity index (χ3v) is 19.7. The number of anilines is 3. The summed E-state index contributed by atoms with van der Waals surface area (Å²) in [5.74, 6) is 0. The zero-order valence-electron chi connectivity index (χ0n) is 48.6. The second-order valence-electron chi connectivity index (χ2n) is 25.7. The van der Waals surface area contributed by atoms with Crippen LogP contribution in [-0.4, -0.2) is 15.8 Å². The quantitative estimate of drug-likeness (QED) is 0.151. The SMILES string of the molecule is CC(C)(C)c1cc(-c2ccc(-c3ccccc3)c(N3c4ccc(-n5c6ccccc6c6ccccc65)cc4B4c5c(cc6c(sc7ccccc76)c53)-n3c5ccc(-c6ccccc6)cc5c5cc(-c6ccccc6)cc4c53)c2)cc(C(C)(C)C)c1. The molecule has 0 aliphatic carbocycles. The molecule has 2 aliphatic rings. The normalized spacial score (nSPS) is 13.0. The zero-order chi connectivity index (χ0) is 57.0. The van der Waals surface area contributed by atoms with Gasteiger partial charge in [-0.1, -0.05) is 230 Å². The predicted octanol–water partition coefficient (Wildman–Crippen LogP) is 20.1. The first-order valence-electron chi connectivity index (χ1n) is 29.9. The number of thiophene rings is 1. The maximum absolute atomic E-state index is 2.71. The highest BCUT2D eigenvalue weighted by atomic mass is 32.1. The highest BCUT2D eigenvalue weighted by Crippen LogP contribution is 2.52. The van der Waals surface area contributed by atoms with Gasteiger partial charge in [0.1, 0.15) is 0 Å². The van der Waals surface area contributed by atoms with Crippen LogP contribution in [-0.2, 0) is 10.8 Å². The maximum atomic E-state index is 2.71. The summed E-state index contributed by atoms with van der Waals surface area (Å²) in [6.45, 7) is 13.9. The molecule has 0 saturated heterocycles. The van der Waals surface area contributed by atoms with Crippen LogP contribution in [0.1, 0.15) is 52.7 Å². The fraction of sp³-hybridized carbons (Fsp3) is 0.100. The van der Waals surface area contributed by atoms with Gasteiger partial charge >= 0.3 is 0 Å². The summed E-state index contributed by atoms with van der Waals surface area (Å²) in [5, 5.41) is 7.57. The van der Waals surface area contributed by atoms with Gasteiger partial charge < -0.3 is 14.0 Å². The predicted molar refractivity (Wildman–Crippen MR) is 366 cm³/mol. The van der Waals surface area contributed by atoms with Crippen LogP contribution in [0.4, 0.5) is 17.1 Å². The van der Waals surface area contributed by atoms with Crippen molar-refractivity contribution in [2.45, 2.75) is 52.4 Å². The average Bonchev–Trinajstić information content (AvgIpc) is 1.66. The van der Waals surface area contributed by atoms with E-state index >= 15 is 0 Å². The van der Waals surface area contributed by atoms with Crippen LogP contribution in [0.3, 0.4) is 0 Å². The Bertz CT molecular complexity index is 5180. The molecule has 0 saturated carbocycles. The van der Waals surface area contributed by atoms with Gasteiger partial charge in [0.05, 0.1) is 32.6 Å². The van der Waals surface area contributed by atoms with E-state index in [1.165, 1.54) is 153 Å². The van der Waals surface area contributed by atoms with Crippen LogP contribution < -0.4 is 21.3 Å². The van der Waals surface area contributed by atoms with E-state index in [9.17, 15) is 0 Å². The van der Waals surface area contributed by atoms with Crippen LogP contribution in [0.2, 0.25) is 0 Å². The zero-order valence-corrected chi connectivity index (χ0v) is 49.4. The Balaban J connectivity index is 1.05. The van der Waals surface area contributed by atoms with Crippen molar-refractivity contribution >= 4 is 115 Å². The molecule has 0 fully saturated rings. The molecule has 0 spiro atoms. The topological polar surface area (TPSA) is 13.1 Å². The molecule has 2 aliphatic heterocycles. The summed E-state index contributed by atoms with van der Waals surface area (Å²) in [4.78, 5) is 2.71. The molecule has 85 heavy (non-hydrogen) atoms. The van der Waals surface area contributed by atoms with Crippen molar-refractivity contribution in [1.29, 1.82) is 0 Å². The fourth-order valence-corrected chi connectivity index (χ4v) is 15.6. The lowest BCUT2D eigenvalue weighted by Crippen LogP contribution is -2.60. The van der Waals surface area contributed by atoms with E-state index in [0.29, 0.717) is 0 Å². The van der Waals surface area contributed by atoms with Crippen LogP contribution in [0.15, 0.2) is 255 Å². The minimum atomic E-state index is -0.156. The lowest BCUT2D eigenvalue weighted by Gasteiger charge is -2.41. The molecule has 0 atom stereocenters. The molecule has 404 valence electrons. The van der Waals surface area contributed by atoms with Crippen molar-refractivity contribution in [3.63, 3.8) is 0 Å². The number of aromatic nitrogens is 2. The van der Waals surface area contributed by atoms with E-state index in [0.717, 1.165) is 11.4 Å². The lowest BCUT2D eigenvalue weighted by atomic mass is 9.33. The van der Waals surface area contributed by atoms with Gasteiger partial charge in [0.15, 0.2) is 0 Å². The summed E-state index contributed by atoms with van der Waals surface area (Å²) in [6, 6.07) is 96.9. The highest BCUT2D eigenvalue weighted by Gasteiger charge is 2.45. The molecule has 0 bridgehead atoms. The first-order chi connectivity index (χ1) is 41.4. The van der Waals surface area contributed by atoms with E-state index in [1.54, 1.807) is 0 Å². The van der Waals surface area contributed by atoms with Gasteiger partial charge in [-0.15, -0.1) is 11.3 Å². The smallest absolute Gasteiger partial charge is 0.252 e. The van der Waals surface area contributed by atoms with Crippen molar-refractivity contribution < 1.29 is 0 Å². The molecule has 12 aromatic carbocycles. The number of hydrogen-bond acceptors (Lipinski definition) is 2. The standard InChI is InChI=1S/C80H60BN3S/c1-79(2,3)56-40-54(41-57(46-56)80(4,5)6)53-34-37-59(51-26-14-9-15-27-51)72(45-53)84-71-39-36-58(82-68-31-19-16-28-60(68)61-29-17-20-32-69(61)82)47-66(71)81-67-44-55(50-24-12-8-13-25-50)43-64-63-42-52(49-22-10-7-11-23-49)35-38-70(63)83(76(64)67)73-48-65-62-30-18-21-33-74(62)85-78(65)77(84)75(73)81/h7-48H,1-6H3. The van der Waals surface area contributed by atoms with Crippen molar-refractivity contribution in [1.82, 2.24) is 9.13 Å². The summed E-state index contributed by atoms with van der Waals surface area (Å²) >= 11 is 1.93. The Labute approximate surface area is 500 Å². The largest absolute Gasteiger partial charge is 0.310 e. The second kappa shape index (κ2) is 18.4. The minimum Gasteiger partial charge on any atom is -0.310 e. The summed E-state index contributed by atoms with van der Waals surface area (Å²) in [5.41, 5.74) is 26.9. The molecule has 0 unspecified atom stereocenters. The van der Waals surface area contributed by atoms with Crippen molar-refractivity contribution in [3.8, 4) is 55.9 Å². The first-order valence-corrected chi connectivity index (χ1v) is 30.7. The molecule has 3 nitrogen and oxygen atoms in total. The van der Waals surface area contributed by atoms with E-state index < -0.39 is 0 Å². The second-order valence-corrected chi connectivity index (χ2v) is 26.7. The summed E-state index contributed by atoms with van der Waals surface area (Å²) in [6.07, 6.45) is 0. The number of rotatable bonds is 6. The van der Waals surface area contributed by atoms with Gasteiger partial charge in [-0.2, -0.15) is 0 Å².